The normalized spacial score (nSPS) is 14.3. The highest BCUT2D eigenvalue weighted by Gasteiger charge is 2.31. The molecule has 0 aliphatic carbocycles. The van der Waals surface area contributed by atoms with E-state index < -0.39 is 17.2 Å². The molecule has 0 unspecified atom stereocenters. The Morgan fingerprint density at radius 3 is 2.30 bits per heavy atom. The first kappa shape index (κ1) is 19.5. The summed E-state index contributed by atoms with van der Waals surface area (Å²) in [6, 6.07) is 0. The number of rotatable bonds is 6. The van der Waals surface area contributed by atoms with Crippen molar-refractivity contribution >= 4 is 17.7 Å². The molecule has 1 aromatic rings. The number of halogens is 1. The Bertz CT molecular complexity index is 514. The molecule has 1 rings (SSSR count). The van der Waals surface area contributed by atoms with E-state index in [1.165, 1.54) is 12.4 Å². The van der Waals surface area contributed by atoms with Crippen molar-refractivity contribution in [2.45, 2.75) is 59.1 Å². The quantitative estimate of drug-likeness (QED) is 0.794. The topological polar surface area (TPSA) is 73.3 Å². The van der Waals surface area contributed by atoms with Crippen molar-refractivity contribution in [1.29, 1.82) is 0 Å². The van der Waals surface area contributed by atoms with Crippen LogP contribution in [0.4, 0.5) is 4.79 Å². The van der Waals surface area contributed by atoms with Crippen molar-refractivity contribution < 1.29 is 14.3 Å². The van der Waals surface area contributed by atoms with Gasteiger partial charge in [-0.15, -0.1) is 0 Å². The molecule has 130 valence electrons. The number of nitrogens with one attached hydrogen (secondary N) is 1. The number of hydrogen-bond acceptors (Lipinski definition) is 5. The third-order valence-electron chi connectivity index (χ3n) is 2.82. The summed E-state index contributed by atoms with van der Waals surface area (Å²) in [5.74, 6) is 0.871. The average molecular weight is 344 g/mol. The molecule has 7 heteroatoms. The zero-order valence-corrected chi connectivity index (χ0v) is 15.4. The lowest BCUT2D eigenvalue weighted by Gasteiger charge is -2.33. The minimum absolute atomic E-state index is 0.161. The fourth-order valence-corrected chi connectivity index (χ4v) is 2.31. The van der Waals surface area contributed by atoms with E-state index in [4.69, 9.17) is 21.1 Å². The smallest absolute Gasteiger partial charge is 0.408 e. The van der Waals surface area contributed by atoms with Gasteiger partial charge < -0.3 is 14.8 Å². The minimum atomic E-state index is -0.573. The maximum absolute atomic E-state index is 12.1. The van der Waals surface area contributed by atoms with Crippen molar-refractivity contribution in [3.05, 3.63) is 17.7 Å². The number of hydrogen-bond donors (Lipinski definition) is 1. The van der Waals surface area contributed by atoms with Gasteiger partial charge in [0.1, 0.15) is 12.2 Å². The van der Waals surface area contributed by atoms with Crippen LogP contribution < -0.4 is 10.1 Å². The largest absolute Gasteiger partial charge is 0.488 e. The maximum Gasteiger partial charge on any atom is 0.408 e. The van der Waals surface area contributed by atoms with Gasteiger partial charge in [0.2, 0.25) is 5.28 Å². The first-order chi connectivity index (χ1) is 10.5. The molecule has 0 spiro atoms. The third-order valence-corrected chi connectivity index (χ3v) is 3.01. The second-order valence-electron chi connectivity index (χ2n) is 7.26. The summed E-state index contributed by atoms with van der Waals surface area (Å²) in [4.78, 5) is 19.8. The highest BCUT2D eigenvalue weighted by Crippen LogP contribution is 2.20. The Hall–Kier alpha value is -1.56. The summed E-state index contributed by atoms with van der Waals surface area (Å²) in [5, 5.41) is 3.07. The number of nitrogens with zero attached hydrogens (tertiary/aromatic N) is 2. The van der Waals surface area contributed by atoms with Crippen LogP contribution in [0.2, 0.25) is 5.28 Å². The predicted octanol–water partition coefficient (Wildman–Crippen LogP) is 3.84. The molecule has 0 aromatic carbocycles. The van der Waals surface area contributed by atoms with Gasteiger partial charge in [-0.05, 0) is 51.6 Å². The number of aromatic nitrogens is 2. The molecule has 1 N–H and O–H groups in total. The van der Waals surface area contributed by atoms with E-state index in [2.05, 4.69) is 29.1 Å². The Kier molecular flexibility index (Phi) is 6.62. The van der Waals surface area contributed by atoms with Gasteiger partial charge in [0.25, 0.3) is 0 Å². The van der Waals surface area contributed by atoms with Gasteiger partial charge in [0.15, 0.2) is 5.75 Å². The molecular weight excluding hydrogens is 318 g/mol. The van der Waals surface area contributed by atoms with Crippen molar-refractivity contribution in [2.24, 2.45) is 5.92 Å². The highest BCUT2D eigenvalue weighted by molar-refractivity contribution is 6.28. The molecule has 23 heavy (non-hydrogen) atoms. The second kappa shape index (κ2) is 7.81. The fraction of sp³-hybridized carbons (Fsp3) is 0.688. The van der Waals surface area contributed by atoms with E-state index in [-0.39, 0.29) is 11.9 Å². The van der Waals surface area contributed by atoms with Crippen LogP contribution in [0.5, 0.6) is 5.75 Å². The Labute approximate surface area is 142 Å². The summed E-state index contributed by atoms with van der Waals surface area (Å²) in [7, 11) is 0. The molecule has 1 amide bonds. The molecule has 1 atom stereocenters. The molecule has 0 aliphatic heterocycles. The van der Waals surface area contributed by atoms with Gasteiger partial charge in [0.05, 0.1) is 17.9 Å². The van der Waals surface area contributed by atoms with Gasteiger partial charge >= 0.3 is 6.09 Å². The summed E-state index contributed by atoms with van der Waals surface area (Å²) in [6.07, 6.45) is 3.27. The molecule has 0 saturated heterocycles. The average Bonchev–Trinajstić information content (AvgIpc) is 2.34. The van der Waals surface area contributed by atoms with E-state index in [0.29, 0.717) is 11.7 Å². The van der Waals surface area contributed by atoms with Crippen LogP contribution >= 0.6 is 11.6 Å². The molecule has 1 aromatic heterocycles. The summed E-state index contributed by atoms with van der Waals surface area (Å²) in [6.45, 7) is 11.8. The highest BCUT2D eigenvalue weighted by atomic mass is 35.5. The molecule has 0 radical (unpaired) electrons. The molecular formula is C16H26ClN3O3. The first-order valence-electron chi connectivity index (χ1n) is 7.61. The fourth-order valence-electron chi connectivity index (χ4n) is 2.21. The van der Waals surface area contributed by atoms with Crippen molar-refractivity contribution in [1.82, 2.24) is 15.3 Å². The van der Waals surface area contributed by atoms with Crippen LogP contribution in [0.1, 0.15) is 48.0 Å². The molecule has 0 saturated carbocycles. The van der Waals surface area contributed by atoms with E-state index in [0.717, 1.165) is 6.42 Å². The molecule has 1 heterocycles. The monoisotopic (exact) mass is 343 g/mol. The van der Waals surface area contributed by atoms with Crippen LogP contribution in [0.15, 0.2) is 12.4 Å². The predicted molar refractivity (Wildman–Crippen MR) is 89.8 cm³/mol. The SMILES string of the molecule is CC(C)C[C@@](C)(COc1cnc(Cl)nc1)NC(=O)OC(C)(C)C. The van der Waals surface area contributed by atoms with Crippen molar-refractivity contribution in [3.8, 4) is 5.75 Å². The Balaban J connectivity index is 2.72. The minimum Gasteiger partial charge on any atom is -0.488 e. The second-order valence-corrected chi connectivity index (χ2v) is 7.60. The molecule has 0 aliphatic rings. The van der Waals surface area contributed by atoms with Crippen LogP contribution in [0, 0.1) is 5.92 Å². The van der Waals surface area contributed by atoms with E-state index in [1.54, 1.807) is 0 Å². The number of ether oxygens (including phenoxy) is 2. The Morgan fingerprint density at radius 2 is 1.83 bits per heavy atom. The lowest BCUT2D eigenvalue weighted by molar-refractivity contribution is 0.0408. The van der Waals surface area contributed by atoms with Gasteiger partial charge in [-0.2, -0.15) is 0 Å². The van der Waals surface area contributed by atoms with Crippen molar-refractivity contribution in [2.75, 3.05) is 6.61 Å². The number of amides is 1. The zero-order valence-electron chi connectivity index (χ0n) is 14.6. The maximum atomic E-state index is 12.1. The Morgan fingerprint density at radius 1 is 1.26 bits per heavy atom. The zero-order chi connectivity index (χ0) is 17.7. The standard InChI is InChI=1S/C16H26ClN3O3/c1-11(2)7-16(6,20-14(21)23-15(3,4)5)10-22-12-8-18-13(17)19-9-12/h8-9,11H,7,10H2,1-6H3,(H,20,21)/t16-/m0/s1. The number of carbonyl (C=O) groups is 1. The summed E-state index contributed by atoms with van der Waals surface area (Å²) >= 11 is 5.65. The third kappa shape index (κ3) is 8.02. The first-order valence-corrected chi connectivity index (χ1v) is 7.98. The van der Waals surface area contributed by atoms with E-state index in [9.17, 15) is 4.79 Å². The lowest BCUT2D eigenvalue weighted by Crippen LogP contribution is -2.52. The lowest BCUT2D eigenvalue weighted by atomic mass is 9.91. The molecule has 0 fully saturated rings. The van der Waals surface area contributed by atoms with E-state index >= 15 is 0 Å². The number of carbonyl (C=O) groups excluding carboxylic acids is 1. The summed E-state index contributed by atoms with van der Waals surface area (Å²) < 4.78 is 11.0. The molecule has 0 bridgehead atoms. The van der Waals surface area contributed by atoms with Crippen LogP contribution in [-0.4, -0.2) is 33.8 Å². The van der Waals surface area contributed by atoms with Crippen LogP contribution in [-0.2, 0) is 4.74 Å². The summed E-state index contributed by atoms with van der Waals surface area (Å²) in [5.41, 5.74) is -1.12. The van der Waals surface area contributed by atoms with E-state index in [1.807, 2.05) is 27.7 Å². The van der Waals surface area contributed by atoms with Gasteiger partial charge in [-0.3, -0.25) is 0 Å². The van der Waals surface area contributed by atoms with Gasteiger partial charge in [-0.1, -0.05) is 13.8 Å². The van der Waals surface area contributed by atoms with Crippen molar-refractivity contribution in [3.63, 3.8) is 0 Å². The van der Waals surface area contributed by atoms with Crippen LogP contribution in [0.25, 0.3) is 0 Å². The number of alkyl carbamates (subject to hydrolysis) is 1. The van der Waals surface area contributed by atoms with Crippen LogP contribution in [0.3, 0.4) is 0 Å². The van der Waals surface area contributed by atoms with Gasteiger partial charge in [0, 0.05) is 0 Å². The van der Waals surface area contributed by atoms with Gasteiger partial charge in [-0.25, -0.2) is 14.8 Å². The molecule has 6 nitrogen and oxygen atoms in total.